The Bertz CT molecular complexity index is 520. The van der Waals surface area contributed by atoms with Gasteiger partial charge in [-0.25, -0.2) is 0 Å². The lowest BCUT2D eigenvalue weighted by Crippen LogP contribution is -1.99. The summed E-state index contributed by atoms with van der Waals surface area (Å²) < 4.78 is 5.93. The van der Waals surface area contributed by atoms with Crippen LogP contribution in [0.15, 0.2) is 42.7 Å². The first-order valence-electron chi connectivity index (χ1n) is 7.23. The highest BCUT2D eigenvalue weighted by Gasteiger charge is 2.08. The van der Waals surface area contributed by atoms with E-state index in [1.807, 2.05) is 18.3 Å². The monoisotopic (exact) mass is 269 g/mol. The molecule has 0 amide bonds. The number of benzene rings is 1. The van der Waals surface area contributed by atoms with Crippen molar-refractivity contribution in [1.82, 2.24) is 4.98 Å². The number of rotatable bonds is 5. The second-order valence-electron chi connectivity index (χ2n) is 5.79. The number of pyridine rings is 1. The van der Waals surface area contributed by atoms with Crippen molar-refractivity contribution in [2.75, 3.05) is 0 Å². The second kappa shape index (κ2) is 6.56. The van der Waals surface area contributed by atoms with Gasteiger partial charge in [-0.2, -0.15) is 0 Å². The molecule has 106 valence electrons. The van der Waals surface area contributed by atoms with Gasteiger partial charge in [-0.3, -0.25) is 4.98 Å². The number of aromatic nitrogens is 1. The van der Waals surface area contributed by atoms with Gasteiger partial charge in [-0.1, -0.05) is 39.8 Å². The molecule has 2 aromatic rings. The molecule has 0 spiro atoms. The van der Waals surface area contributed by atoms with Crippen LogP contribution in [0.1, 0.15) is 56.2 Å². The van der Waals surface area contributed by atoms with Crippen molar-refractivity contribution in [3.63, 3.8) is 0 Å². The maximum Gasteiger partial charge on any atom is 0.120 e. The molecule has 0 aliphatic heterocycles. The maximum absolute atomic E-state index is 5.93. The van der Waals surface area contributed by atoms with Crippen LogP contribution in [-0.4, -0.2) is 4.98 Å². The summed E-state index contributed by atoms with van der Waals surface area (Å²) >= 11 is 0. The van der Waals surface area contributed by atoms with Crippen molar-refractivity contribution in [2.24, 2.45) is 0 Å². The van der Waals surface area contributed by atoms with Crippen molar-refractivity contribution < 1.29 is 4.74 Å². The molecule has 1 aromatic carbocycles. The minimum Gasteiger partial charge on any atom is -0.489 e. The van der Waals surface area contributed by atoms with E-state index in [-0.39, 0.29) is 0 Å². The highest BCUT2D eigenvalue weighted by Crippen LogP contribution is 2.27. The molecule has 0 bridgehead atoms. The fourth-order valence-electron chi connectivity index (χ4n) is 2.05. The molecule has 0 fully saturated rings. The first-order chi connectivity index (χ1) is 9.56. The average molecular weight is 269 g/mol. The molecule has 0 atom stereocenters. The Morgan fingerprint density at radius 2 is 1.65 bits per heavy atom. The van der Waals surface area contributed by atoms with Gasteiger partial charge < -0.3 is 4.74 Å². The van der Waals surface area contributed by atoms with E-state index in [1.165, 1.54) is 11.1 Å². The Morgan fingerprint density at radius 3 is 2.15 bits per heavy atom. The van der Waals surface area contributed by atoms with Crippen molar-refractivity contribution in [2.45, 2.75) is 46.1 Å². The molecule has 0 saturated heterocycles. The van der Waals surface area contributed by atoms with E-state index in [0.717, 1.165) is 11.3 Å². The summed E-state index contributed by atoms with van der Waals surface area (Å²) in [6.07, 6.45) is 3.62. The van der Waals surface area contributed by atoms with Crippen molar-refractivity contribution in [1.29, 1.82) is 0 Å². The molecule has 0 aliphatic rings. The van der Waals surface area contributed by atoms with E-state index in [0.29, 0.717) is 18.4 Å². The molecule has 1 heterocycles. The largest absolute Gasteiger partial charge is 0.489 e. The Morgan fingerprint density at radius 1 is 1.00 bits per heavy atom. The van der Waals surface area contributed by atoms with E-state index in [4.69, 9.17) is 4.74 Å². The summed E-state index contributed by atoms with van der Waals surface area (Å²) in [6, 6.07) is 10.5. The smallest absolute Gasteiger partial charge is 0.120 e. The van der Waals surface area contributed by atoms with Gasteiger partial charge in [0, 0.05) is 18.0 Å². The zero-order valence-corrected chi connectivity index (χ0v) is 12.8. The highest BCUT2D eigenvalue weighted by molar-refractivity contribution is 5.37. The lowest BCUT2D eigenvalue weighted by atomic mass is 9.95. The third-order valence-electron chi connectivity index (χ3n) is 3.41. The van der Waals surface area contributed by atoms with Crippen molar-refractivity contribution in [3.8, 4) is 5.75 Å². The van der Waals surface area contributed by atoms with Crippen LogP contribution in [0, 0.1) is 0 Å². The summed E-state index contributed by atoms with van der Waals surface area (Å²) in [7, 11) is 0. The van der Waals surface area contributed by atoms with Crippen LogP contribution in [0.5, 0.6) is 5.75 Å². The van der Waals surface area contributed by atoms with Gasteiger partial charge in [0.2, 0.25) is 0 Å². The SMILES string of the molecule is CC(C)c1cc(OCc2cccnc2)cc(C(C)C)c1. The van der Waals surface area contributed by atoms with Crippen LogP contribution >= 0.6 is 0 Å². The highest BCUT2D eigenvalue weighted by atomic mass is 16.5. The Hall–Kier alpha value is -1.83. The third-order valence-corrected chi connectivity index (χ3v) is 3.41. The maximum atomic E-state index is 5.93. The molecule has 2 rings (SSSR count). The minimum atomic E-state index is 0.509. The Balaban J connectivity index is 2.18. The van der Waals surface area contributed by atoms with Crippen LogP contribution in [0.3, 0.4) is 0 Å². The molecule has 0 aliphatic carbocycles. The predicted octanol–water partition coefficient (Wildman–Crippen LogP) is 4.91. The molecular formula is C18H23NO. The van der Waals surface area contributed by atoms with Gasteiger partial charge >= 0.3 is 0 Å². The van der Waals surface area contributed by atoms with Gasteiger partial charge in [0.1, 0.15) is 12.4 Å². The predicted molar refractivity (Wildman–Crippen MR) is 83.2 cm³/mol. The zero-order valence-electron chi connectivity index (χ0n) is 12.8. The first kappa shape index (κ1) is 14.6. The molecule has 0 radical (unpaired) electrons. The Kier molecular flexibility index (Phi) is 4.78. The molecule has 0 saturated carbocycles. The standard InChI is InChI=1S/C18H23NO/c1-13(2)16-8-17(14(3)4)10-18(9-16)20-12-15-6-5-7-19-11-15/h5-11,13-14H,12H2,1-4H3. The molecular weight excluding hydrogens is 246 g/mol. The normalized spacial score (nSPS) is 11.1. The van der Waals surface area contributed by atoms with Gasteiger partial charge in [0.15, 0.2) is 0 Å². The topological polar surface area (TPSA) is 22.1 Å². The molecule has 0 unspecified atom stereocenters. The van der Waals surface area contributed by atoms with Crippen LogP contribution in [0.2, 0.25) is 0 Å². The third kappa shape index (κ3) is 3.83. The fourth-order valence-corrected chi connectivity index (χ4v) is 2.05. The van der Waals surface area contributed by atoms with Gasteiger partial charge in [0.25, 0.3) is 0 Å². The molecule has 1 aromatic heterocycles. The van der Waals surface area contributed by atoms with E-state index in [1.54, 1.807) is 6.20 Å². The molecule has 0 N–H and O–H groups in total. The Labute approximate surface area is 121 Å². The lowest BCUT2D eigenvalue weighted by molar-refractivity contribution is 0.305. The summed E-state index contributed by atoms with van der Waals surface area (Å²) in [5.74, 6) is 1.97. The van der Waals surface area contributed by atoms with Crippen LogP contribution in [0.25, 0.3) is 0 Å². The quantitative estimate of drug-likeness (QED) is 0.769. The van der Waals surface area contributed by atoms with Gasteiger partial charge in [0.05, 0.1) is 0 Å². The summed E-state index contributed by atoms with van der Waals surface area (Å²) in [5, 5.41) is 0. The van der Waals surface area contributed by atoms with Gasteiger partial charge in [-0.05, 0) is 41.2 Å². The number of hydrogen-bond acceptors (Lipinski definition) is 2. The van der Waals surface area contributed by atoms with E-state index in [9.17, 15) is 0 Å². The molecule has 2 heteroatoms. The lowest BCUT2D eigenvalue weighted by Gasteiger charge is -2.15. The van der Waals surface area contributed by atoms with Gasteiger partial charge in [-0.15, -0.1) is 0 Å². The summed E-state index contributed by atoms with van der Waals surface area (Å²) in [5.41, 5.74) is 3.75. The van der Waals surface area contributed by atoms with E-state index >= 15 is 0 Å². The minimum absolute atomic E-state index is 0.509. The first-order valence-corrected chi connectivity index (χ1v) is 7.23. The summed E-state index contributed by atoms with van der Waals surface area (Å²) in [6.45, 7) is 9.41. The summed E-state index contributed by atoms with van der Waals surface area (Å²) in [4.78, 5) is 4.11. The van der Waals surface area contributed by atoms with Crippen LogP contribution in [0.4, 0.5) is 0 Å². The van der Waals surface area contributed by atoms with Crippen molar-refractivity contribution >= 4 is 0 Å². The van der Waals surface area contributed by atoms with Crippen molar-refractivity contribution in [3.05, 3.63) is 59.4 Å². The zero-order chi connectivity index (χ0) is 14.5. The van der Waals surface area contributed by atoms with E-state index in [2.05, 4.69) is 50.9 Å². The van der Waals surface area contributed by atoms with E-state index < -0.39 is 0 Å². The van der Waals surface area contributed by atoms with Crippen LogP contribution in [-0.2, 0) is 6.61 Å². The second-order valence-corrected chi connectivity index (χ2v) is 5.79. The van der Waals surface area contributed by atoms with Crippen LogP contribution < -0.4 is 4.74 Å². The number of nitrogens with zero attached hydrogens (tertiary/aromatic N) is 1. The number of ether oxygens (including phenoxy) is 1. The molecule has 2 nitrogen and oxygen atoms in total. The fraction of sp³-hybridized carbons (Fsp3) is 0.389. The molecule has 20 heavy (non-hydrogen) atoms. The number of hydrogen-bond donors (Lipinski definition) is 0. The average Bonchev–Trinajstić information content (AvgIpc) is 2.45.